The molecule has 1 aliphatic heterocycles. The largest absolute Gasteiger partial charge is 0.332 e. The van der Waals surface area contributed by atoms with E-state index in [-0.39, 0.29) is 12.5 Å². The quantitative estimate of drug-likeness (QED) is 0.757. The van der Waals surface area contributed by atoms with Gasteiger partial charge in [0.2, 0.25) is 5.91 Å². The number of nitrogens with zero attached hydrogens (tertiary/aromatic N) is 1. The standard InChI is InChI=1S/C15H11Cl2N3OS/c16-10-6-5-9(7-11(10)17)18-15(22)20-8-14(21)19-12-3-1-2-4-13(12)20/h1-7H,8H2,(H,18,22)(H,19,21). The normalized spacial score (nSPS) is 13.4. The third kappa shape index (κ3) is 3.02. The Hall–Kier alpha value is -1.82. The zero-order valence-electron chi connectivity index (χ0n) is 11.3. The van der Waals surface area contributed by atoms with Crippen LogP contribution >= 0.6 is 35.4 Å². The van der Waals surface area contributed by atoms with Crippen molar-refractivity contribution in [2.75, 3.05) is 22.1 Å². The Labute approximate surface area is 143 Å². The lowest BCUT2D eigenvalue weighted by Gasteiger charge is -2.31. The summed E-state index contributed by atoms with van der Waals surface area (Å²) < 4.78 is 0. The highest BCUT2D eigenvalue weighted by molar-refractivity contribution is 7.80. The number of rotatable bonds is 1. The summed E-state index contributed by atoms with van der Waals surface area (Å²) >= 11 is 17.3. The van der Waals surface area contributed by atoms with Gasteiger partial charge in [0.05, 0.1) is 21.4 Å². The van der Waals surface area contributed by atoms with Crippen molar-refractivity contribution < 1.29 is 4.79 Å². The van der Waals surface area contributed by atoms with Gasteiger partial charge in [-0.2, -0.15) is 0 Å². The predicted octanol–water partition coefficient (Wildman–Crippen LogP) is 4.15. The van der Waals surface area contributed by atoms with Gasteiger partial charge >= 0.3 is 0 Å². The molecule has 0 aromatic heterocycles. The maximum atomic E-state index is 11.8. The van der Waals surface area contributed by atoms with Crippen LogP contribution in [0.3, 0.4) is 0 Å². The molecule has 0 saturated heterocycles. The summed E-state index contributed by atoms with van der Waals surface area (Å²) in [5.41, 5.74) is 2.29. The molecular weight excluding hydrogens is 341 g/mol. The molecule has 0 aliphatic carbocycles. The second-order valence-corrected chi connectivity index (χ2v) is 5.91. The summed E-state index contributed by atoms with van der Waals surface area (Å²) in [5.74, 6) is -0.114. The van der Waals surface area contributed by atoms with Crippen LogP contribution in [0.15, 0.2) is 42.5 Å². The smallest absolute Gasteiger partial charge is 0.244 e. The zero-order chi connectivity index (χ0) is 15.7. The average Bonchev–Trinajstić information content (AvgIpc) is 2.50. The lowest BCUT2D eigenvalue weighted by molar-refractivity contribution is -0.115. The fourth-order valence-corrected chi connectivity index (χ4v) is 2.76. The van der Waals surface area contributed by atoms with E-state index in [0.717, 1.165) is 11.4 Å². The second-order valence-electron chi connectivity index (χ2n) is 4.71. The molecule has 0 unspecified atom stereocenters. The molecular formula is C15H11Cl2N3OS. The predicted molar refractivity (Wildman–Crippen MR) is 95.1 cm³/mol. The van der Waals surface area contributed by atoms with Crippen LogP contribution in [0.2, 0.25) is 10.0 Å². The Bertz CT molecular complexity index is 766. The number of carbonyl (C=O) groups excluding carboxylic acids is 1. The molecule has 1 heterocycles. The topological polar surface area (TPSA) is 44.4 Å². The maximum absolute atomic E-state index is 11.8. The van der Waals surface area contributed by atoms with E-state index < -0.39 is 0 Å². The Morgan fingerprint density at radius 1 is 1.18 bits per heavy atom. The molecule has 0 fully saturated rings. The minimum Gasteiger partial charge on any atom is -0.332 e. The molecule has 0 saturated carbocycles. The van der Waals surface area contributed by atoms with E-state index in [4.69, 9.17) is 35.4 Å². The van der Waals surface area contributed by atoms with Crippen LogP contribution in [-0.2, 0) is 4.79 Å². The van der Waals surface area contributed by atoms with Gasteiger partial charge in [0, 0.05) is 5.69 Å². The van der Waals surface area contributed by atoms with Gasteiger partial charge in [0.25, 0.3) is 0 Å². The van der Waals surface area contributed by atoms with Crippen LogP contribution in [-0.4, -0.2) is 17.6 Å². The molecule has 0 bridgehead atoms. The molecule has 7 heteroatoms. The van der Waals surface area contributed by atoms with Gasteiger partial charge in [-0.3, -0.25) is 4.79 Å². The fourth-order valence-electron chi connectivity index (χ4n) is 2.18. The Kier molecular flexibility index (Phi) is 4.20. The number of benzene rings is 2. The summed E-state index contributed by atoms with van der Waals surface area (Å²) in [5, 5.41) is 7.22. The first-order valence-electron chi connectivity index (χ1n) is 6.47. The van der Waals surface area contributed by atoms with Crippen LogP contribution in [0.5, 0.6) is 0 Å². The van der Waals surface area contributed by atoms with Gasteiger partial charge in [-0.15, -0.1) is 0 Å². The van der Waals surface area contributed by atoms with Crippen molar-refractivity contribution in [1.29, 1.82) is 0 Å². The lowest BCUT2D eigenvalue weighted by Crippen LogP contribution is -2.44. The Morgan fingerprint density at radius 3 is 2.73 bits per heavy atom. The zero-order valence-corrected chi connectivity index (χ0v) is 13.6. The van der Waals surface area contributed by atoms with Crippen LogP contribution in [0.1, 0.15) is 0 Å². The molecule has 2 aromatic carbocycles. The summed E-state index contributed by atoms with van der Waals surface area (Å²) in [6.07, 6.45) is 0. The molecule has 2 aromatic rings. The number of anilines is 3. The first kappa shape index (κ1) is 15.1. The molecule has 2 N–H and O–H groups in total. The molecule has 1 aliphatic rings. The average molecular weight is 352 g/mol. The van der Waals surface area contributed by atoms with Crippen molar-refractivity contribution in [3.8, 4) is 0 Å². The number of halogens is 2. The molecule has 0 atom stereocenters. The minimum absolute atomic E-state index is 0.114. The molecule has 3 rings (SSSR count). The van der Waals surface area contributed by atoms with Crippen LogP contribution in [0.4, 0.5) is 17.1 Å². The fraction of sp³-hybridized carbons (Fsp3) is 0.0667. The third-order valence-electron chi connectivity index (χ3n) is 3.19. The number of hydrogen-bond acceptors (Lipinski definition) is 2. The first-order valence-corrected chi connectivity index (χ1v) is 7.63. The first-order chi connectivity index (χ1) is 10.5. The molecule has 0 spiro atoms. The SMILES string of the molecule is O=C1CN(C(=S)Nc2ccc(Cl)c(Cl)c2)c2ccccc2N1. The van der Waals surface area contributed by atoms with Crippen LogP contribution in [0, 0.1) is 0 Å². The highest BCUT2D eigenvalue weighted by atomic mass is 35.5. The number of para-hydroxylation sites is 2. The number of amides is 1. The van der Waals surface area contributed by atoms with E-state index in [1.165, 1.54) is 0 Å². The van der Waals surface area contributed by atoms with Gasteiger partial charge in [-0.1, -0.05) is 35.3 Å². The summed E-state index contributed by atoms with van der Waals surface area (Å²) in [7, 11) is 0. The summed E-state index contributed by atoms with van der Waals surface area (Å²) in [6, 6.07) is 12.6. The van der Waals surface area contributed by atoms with Gasteiger partial charge in [-0.25, -0.2) is 0 Å². The van der Waals surface area contributed by atoms with Gasteiger partial charge in [0.1, 0.15) is 6.54 Å². The summed E-state index contributed by atoms with van der Waals surface area (Å²) in [4.78, 5) is 13.6. The number of nitrogens with one attached hydrogen (secondary N) is 2. The molecule has 22 heavy (non-hydrogen) atoms. The van der Waals surface area contributed by atoms with E-state index in [0.29, 0.717) is 20.8 Å². The monoisotopic (exact) mass is 351 g/mol. The van der Waals surface area contributed by atoms with Crippen molar-refractivity contribution in [1.82, 2.24) is 0 Å². The summed E-state index contributed by atoms with van der Waals surface area (Å²) in [6.45, 7) is 0.157. The maximum Gasteiger partial charge on any atom is 0.244 e. The molecule has 1 amide bonds. The van der Waals surface area contributed by atoms with E-state index in [2.05, 4.69) is 10.6 Å². The number of carbonyl (C=O) groups is 1. The number of thiocarbonyl (C=S) groups is 1. The number of fused-ring (bicyclic) bond motifs is 1. The molecule has 4 nitrogen and oxygen atoms in total. The van der Waals surface area contributed by atoms with Crippen molar-refractivity contribution in [3.05, 3.63) is 52.5 Å². The molecule has 0 radical (unpaired) electrons. The van der Waals surface area contributed by atoms with E-state index in [1.54, 1.807) is 23.1 Å². The minimum atomic E-state index is -0.114. The van der Waals surface area contributed by atoms with E-state index >= 15 is 0 Å². The van der Waals surface area contributed by atoms with Crippen molar-refractivity contribution in [2.45, 2.75) is 0 Å². The van der Waals surface area contributed by atoms with Crippen molar-refractivity contribution in [2.24, 2.45) is 0 Å². The lowest BCUT2D eigenvalue weighted by atomic mass is 10.2. The van der Waals surface area contributed by atoms with Crippen LogP contribution < -0.4 is 15.5 Å². The van der Waals surface area contributed by atoms with Gasteiger partial charge in [-0.05, 0) is 42.5 Å². The highest BCUT2D eigenvalue weighted by Gasteiger charge is 2.24. The van der Waals surface area contributed by atoms with Crippen molar-refractivity contribution in [3.63, 3.8) is 0 Å². The molecule has 112 valence electrons. The Balaban J connectivity index is 1.86. The second kappa shape index (κ2) is 6.12. The van der Waals surface area contributed by atoms with Gasteiger partial charge < -0.3 is 15.5 Å². The Morgan fingerprint density at radius 2 is 1.95 bits per heavy atom. The highest BCUT2D eigenvalue weighted by Crippen LogP contribution is 2.30. The van der Waals surface area contributed by atoms with E-state index in [9.17, 15) is 4.79 Å². The number of hydrogen-bond donors (Lipinski definition) is 2. The van der Waals surface area contributed by atoms with Crippen molar-refractivity contribution >= 4 is 63.5 Å². The van der Waals surface area contributed by atoms with E-state index in [1.807, 2.05) is 24.3 Å². The third-order valence-corrected chi connectivity index (χ3v) is 4.25. The van der Waals surface area contributed by atoms with Gasteiger partial charge in [0.15, 0.2) is 5.11 Å². The van der Waals surface area contributed by atoms with Crippen LogP contribution in [0.25, 0.3) is 0 Å².